The van der Waals surface area contributed by atoms with E-state index in [1.165, 1.54) is 6.20 Å². The number of nitrogens with zero attached hydrogens (tertiary/aromatic N) is 5. The van der Waals surface area contributed by atoms with E-state index >= 15 is 0 Å². The Kier molecular flexibility index (Phi) is 11.1. The molecule has 0 saturated carbocycles. The molecule has 12 nitrogen and oxygen atoms in total. The van der Waals surface area contributed by atoms with E-state index in [0.717, 1.165) is 28.9 Å². The monoisotopic (exact) mass is 701 g/mol. The van der Waals surface area contributed by atoms with Crippen molar-refractivity contribution in [2.45, 2.75) is 32.1 Å². The first-order valence-corrected chi connectivity index (χ1v) is 14.4. The summed E-state index contributed by atoms with van der Waals surface area (Å²) in [7, 11) is 0. The van der Waals surface area contributed by atoms with Gasteiger partial charge in [0.1, 0.15) is 10.8 Å². The maximum Gasteiger partial charge on any atom is 0.458 e. The van der Waals surface area contributed by atoms with Crippen molar-refractivity contribution in [1.29, 1.82) is 0 Å². The van der Waals surface area contributed by atoms with Crippen molar-refractivity contribution >= 4 is 58.1 Å². The first kappa shape index (κ1) is 35.8. The van der Waals surface area contributed by atoms with Gasteiger partial charge in [-0.15, -0.1) is 0 Å². The smallest absolute Gasteiger partial charge is 0.458 e. The normalized spacial score (nSPS) is 14.4. The van der Waals surface area contributed by atoms with Crippen molar-refractivity contribution in [2.75, 3.05) is 43.4 Å². The summed E-state index contributed by atoms with van der Waals surface area (Å²) in [4.78, 5) is 60.1. The molecule has 3 aromatic rings. The molecule has 256 valence electrons. The zero-order valence-corrected chi connectivity index (χ0v) is 25.7. The van der Waals surface area contributed by atoms with E-state index in [2.05, 4.69) is 25.6 Å². The second-order valence-electron chi connectivity index (χ2n) is 10.4. The van der Waals surface area contributed by atoms with Crippen LogP contribution in [0.3, 0.4) is 0 Å². The highest BCUT2D eigenvalue weighted by Gasteiger charge is 2.54. The summed E-state index contributed by atoms with van der Waals surface area (Å²) in [5, 5.41) is 6.81. The molecule has 5 rings (SSSR count). The third-order valence-corrected chi connectivity index (χ3v) is 7.23. The number of aryl methyl sites for hydroxylation is 2. The fourth-order valence-electron chi connectivity index (χ4n) is 4.50. The van der Waals surface area contributed by atoms with E-state index in [1.807, 2.05) is 30.5 Å². The van der Waals surface area contributed by atoms with E-state index < -0.39 is 23.9 Å². The molecule has 2 aliphatic rings. The molecule has 0 unspecified atom stereocenters. The second-order valence-corrected chi connectivity index (χ2v) is 10.8. The van der Waals surface area contributed by atoms with Crippen molar-refractivity contribution in [3.05, 3.63) is 59.0 Å². The first-order valence-electron chi connectivity index (χ1n) is 14.0. The van der Waals surface area contributed by atoms with Crippen molar-refractivity contribution in [2.24, 2.45) is 0 Å². The number of carbonyl (C=O) groups excluding carboxylic acids is 4. The number of carbonyl (C=O) groups is 4. The molecule has 4 heterocycles. The van der Waals surface area contributed by atoms with Gasteiger partial charge in [-0.3, -0.25) is 24.2 Å². The number of piperazine rings is 1. The third-order valence-electron chi connectivity index (χ3n) is 6.95. The number of aromatic nitrogens is 3. The average Bonchev–Trinajstić information content (AvgIpc) is 3.03. The minimum atomic E-state index is -5.77. The SMILES string of the molecule is CC(=O)N1CCN(C(=O)COc2ccc3cc2CCc2cncc(c2)Nc2ncc(Cl)c(n2)N3)CC1.O=C(C(=O)C(F)(F)F)C(F)(F)F. The van der Waals surface area contributed by atoms with Crippen LogP contribution in [0.15, 0.2) is 42.9 Å². The summed E-state index contributed by atoms with van der Waals surface area (Å²) in [5.41, 5.74) is 3.55. The number of Topliss-reactive ketones (excluding diaryl/α,β-unsaturated/α-hetero) is 2. The number of ketones is 2. The van der Waals surface area contributed by atoms with Gasteiger partial charge in [0.2, 0.25) is 11.9 Å². The Morgan fingerprint density at radius 2 is 1.50 bits per heavy atom. The van der Waals surface area contributed by atoms with Crippen LogP contribution in [0, 0.1) is 0 Å². The van der Waals surface area contributed by atoms with Crippen LogP contribution < -0.4 is 15.4 Å². The molecule has 2 aromatic heterocycles. The molecule has 1 fully saturated rings. The number of fused-ring (bicyclic) bond motifs is 6. The number of alkyl halides is 6. The van der Waals surface area contributed by atoms with Crippen molar-refractivity contribution in [1.82, 2.24) is 24.8 Å². The summed E-state index contributed by atoms with van der Waals surface area (Å²) in [6.07, 6.45) is -5.06. The van der Waals surface area contributed by atoms with Crippen LogP contribution >= 0.6 is 11.6 Å². The standard InChI is InChI=1S/C25H26ClN7O3.C4F6O2/c1-16(34)32-6-8-33(9-7-32)23(35)15-36-22-5-4-19-11-18(22)3-2-17-10-20(13-27-12-17)30-25-28-14-21(26)24(29-19)31-25;5-3(6,7)1(11)2(12)4(8,9)10/h4-5,10-14H,2-3,6-9,15H2,1H3,(H2,28,29,30,31);. The zero-order chi connectivity index (χ0) is 35.2. The molecular formula is C29H26ClF6N7O5. The Balaban J connectivity index is 0.000000371. The van der Waals surface area contributed by atoms with Crippen LogP contribution in [0.1, 0.15) is 18.1 Å². The molecule has 19 heteroatoms. The van der Waals surface area contributed by atoms with E-state index in [-0.39, 0.29) is 18.4 Å². The third kappa shape index (κ3) is 9.52. The van der Waals surface area contributed by atoms with Gasteiger partial charge >= 0.3 is 23.9 Å². The minimum absolute atomic E-state index is 0.0306. The number of halogens is 7. The number of nitrogens with one attached hydrogen (secondary N) is 2. The molecular weight excluding hydrogens is 676 g/mol. The molecule has 0 spiro atoms. The number of amides is 2. The van der Waals surface area contributed by atoms with Gasteiger partial charge in [0.25, 0.3) is 5.91 Å². The molecule has 0 atom stereocenters. The molecule has 2 N–H and O–H groups in total. The van der Waals surface area contributed by atoms with Gasteiger partial charge in [0.15, 0.2) is 12.4 Å². The number of ether oxygens (including phenoxy) is 1. The first-order chi connectivity index (χ1) is 22.5. The Bertz CT molecular complexity index is 1670. The van der Waals surface area contributed by atoms with Gasteiger partial charge in [0, 0.05) is 45.0 Å². The van der Waals surface area contributed by atoms with Crippen molar-refractivity contribution in [3.8, 4) is 5.75 Å². The van der Waals surface area contributed by atoms with Gasteiger partial charge in [-0.05, 0) is 48.2 Å². The number of hydrogen-bond acceptors (Lipinski definition) is 10. The number of hydrogen-bond donors (Lipinski definition) is 2. The lowest BCUT2D eigenvalue weighted by molar-refractivity contribution is -0.193. The number of rotatable bonds is 4. The maximum atomic E-state index is 12.8. The largest absolute Gasteiger partial charge is 0.483 e. The van der Waals surface area contributed by atoms with Crippen LogP contribution in [0.4, 0.5) is 49.5 Å². The van der Waals surface area contributed by atoms with E-state index in [1.54, 1.807) is 22.9 Å². The molecule has 2 amide bonds. The summed E-state index contributed by atoms with van der Waals surface area (Å²) < 4.78 is 73.0. The molecule has 0 radical (unpaired) electrons. The van der Waals surface area contributed by atoms with E-state index in [0.29, 0.717) is 55.1 Å². The highest BCUT2D eigenvalue weighted by Crippen LogP contribution is 2.30. The molecule has 0 aliphatic carbocycles. The van der Waals surface area contributed by atoms with Crippen molar-refractivity contribution < 1.29 is 50.3 Å². The molecule has 2 aliphatic heterocycles. The van der Waals surface area contributed by atoms with Gasteiger partial charge in [-0.25, -0.2) is 4.98 Å². The second kappa shape index (κ2) is 14.8. The van der Waals surface area contributed by atoms with Gasteiger partial charge in [-0.2, -0.15) is 31.3 Å². The highest BCUT2D eigenvalue weighted by molar-refractivity contribution is 6.41. The van der Waals surface area contributed by atoms with Gasteiger partial charge in [0.05, 0.1) is 18.1 Å². The Morgan fingerprint density at radius 3 is 2.12 bits per heavy atom. The topological polar surface area (TPSA) is 147 Å². The fourth-order valence-corrected chi connectivity index (χ4v) is 4.64. The lowest BCUT2D eigenvalue weighted by Crippen LogP contribution is -2.51. The summed E-state index contributed by atoms with van der Waals surface area (Å²) >= 11 is 6.33. The number of benzene rings is 1. The summed E-state index contributed by atoms with van der Waals surface area (Å²) in [5.74, 6) is -5.36. The quantitative estimate of drug-likeness (QED) is 0.296. The van der Waals surface area contributed by atoms with Crippen LogP contribution in [0.5, 0.6) is 5.75 Å². The molecule has 1 saturated heterocycles. The van der Waals surface area contributed by atoms with E-state index in [4.69, 9.17) is 16.3 Å². The van der Waals surface area contributed by atoms with Gasteiger partial charge in [-0.1, -0.05) is 11.6 Å². The zero-order valence-electron chi connectivity index (χ0n) is 24.9. The summed E-state index contributed by atoms with van der Waals surface area (Å²) in [6.45, 7) is 3.59. The Morgan fingerprint density at radius 1 is 0.854 bits per heavy atom. The predicted molar refractivity (Wildman–Crippen MR) is 158 cm³/mol. The number of pyridine rings is 1. The lowest BCUT2D eigenvalue weighted by atomic mass is 10.0. The maximum absolute atomic E-state index is 12.8. The summed E-state index contributed by atoms with van der Waals surface area (Å²) in [6, 6.07) is 7.69. The predicted octanol–water partition coefficient (Wildman–Crippen LogP) is 4.43. The van der Waals surface area contributed by atoms with Crippen LogP contribution in [0.25, 0.3) is 0 Å². The van der Waals surface area contributed by atoms with Crippen LogP contribution in [0.2, 0.25) is 5.02 Å². The Labute approximate surface area is 273 Å². The van der Waals surface area contributed by atoms with Crippen LogP contribution in [-0.2, 0) is 32.0 Å². The van der Waals surface area contributed by atoms with E-state index in [9.17, 15) is 45.5 Å². The van der Waals surface area contributed by atoms with Gasteiger partial charge < -0.3 is 25.2 Å². The van der Waals surface area contributed by atoms with Crippen LogP contribution in [-0.4, -0.2) is 93.3 Å². The average molecular weight is 702 g/mol. The van der Waals surface area contributed by atoms with Crippen molar-refractivity contribution in [3.63, 3.8) is 0 Å². The molecule has 48 heavy (non-hydrogen) atoms. The molecule has 6 bridgehead atoms. The highest BCUT2D eigenvalue weighted by atomic mass is 35.5. The lowest BCUT2D eigenvalue weighted by Gasteiger charge is -2.34. The molecule has 1 aromatic carbocycles. The minimum Gasteiger partial charge on any atom is -0.483 e. The fraction of sp³-hybridized carbons (Fsp3) is 0.345. The Hall–Kier alpha value is -5.00. The number of anilines is 4.